The third-order valence-electron chi connectivity index (χ3n) is 4.09. The van der Waals surface area contributed by atoms with Crippen LogP contribution in [0.25, 0.3) is 0 Å². The largest absolute Gasteiger partial charge is 0.379 e. The fourth-order valence-corrected chi connectivity index (χ4v) is 2.55. The molecular formula is C15H26O3. The molecule has 0 aliphatic heterocycles. The lowest BCUT2D eigenvalue weighted by Crippen LogP contribution is -2.28. The van der Waals surface area contributed by atoms with Gasteiger partial charge in [-0.25, -0.2) is 0 Å². The fourth-order valence-electron chi connectivity index (χ4n) is 2.55. The van der Waals surface area contributed by atoms with E-state index in [4.69, 9.17) is 4.74 Å². The Kier molecular flexibility index (Phi) is 6.00. The molecule has 2 unspecified atom stereocenters. The first kappa shape index (κ1) is 15.4. The van der Waals surface area contributed by atoms with Gasteiger partial charge in [0.1, 0.15) is 11.6 Å². The molecule has 0 amide bonds. The van der Waals surface area contributed by atoms with E-state index in [-0.39, 0.29) is 17.2 Å². The second-order valence-corrected chi connectivity index (χ2v) is 5.93. The van der Waals surface area contributed by atoms with Crippen molar-refractivity contribution in [2.24, 2.45) is 5.92 Å². The first-order chi connectivity index (χ1) is 8.45. The molecule has 3 nitrogen and oxygen atoms in total. The van der Waals surface area contributed by atoms with Gasteiger partial charge in [0.2, 0.25) is 0 Å². The van der Waals surface area contributed by atoms with Crippen LogP contribution in [0.2, 0.25) is 0 Å². The maximum atomic E-state index is 11.7. The van der Waals surface area contributed by atoms with Gasteiger partial charge >= 0.3 is 0 Å². The highest BCUT2D eigenvalue weighted by Gasteiger charge is 2.25. The molecule has 0 radical (unpaired) electrons. The van der Waals surface area contributed by atoms with E-state index in [2.05, 4.69) is 13.8 Å². The van der Waals surface area contributed by atoms with Crippen LogP contribution in [-0.2, 0) is 14.3 Å². The zero-order chi connectivity index (χ0) is 13.6. The van der Waals surface area contributed by atoms with Gasteiger partial charge in [-0.2, -0.15) is 0 Å². The van der Waals surface area contributed by atoms with Gasteiger partial charge in [0.05, 0.1) is 5.60 Å². The minimum Gasteiger partial charge on any atom is -0.379 e. The summed E-state index contributed by atoms with van der Waals surface area (Å²) in [7, 11) is 1.73. The Morgan fingerprint density at radius 2 is 1.78 bits per heavy atom. The minimum atomic E-state index is -0.182. The molecule has 1 aliphatic carbocycles. The van der Waals surface area contributed by atoms with Gasteiger partial charge in [-0.3, -0.25) is 9.59 Å². The summed E-state index contributed by atoms with van der Waals surface area (Å²) in [4.78, 5) is 23.4. The summed E-state index contributed by atoms with van der Waals surface area (Å²) in [6.45, 7) is 4.21. The monoisotopic (exact) mass is 254 g/mol. The molecule has 0 saturated heterocycles. The molecule has 0 spiro atoms. The van der Waals surface area contributed by atoms with Crippen LogP contribution in [-0.4, -0.2) is 24.3 Å². The van der Waals surface area contributed by atoms with E-state index in [9.17, 15) is 9.59 Å². The van der Waals surface area contributed by atoms with Gasteiger partial charge in [0.25, 0.3) is 0 Å². The highest BCUT2D eigenvalue weighted by atomic mass is 16.5. The number of ketones is 2. The molecule has 0 aromatic rings. The van der Waals surface area contributed by atoms with Crippen LogP contribution >= 0.6 is 0 Å². The molecule has 1 rings (SSSR count). The van der Waals surface area contributed by atoms with Crippen molar-refractivity contribution in [3.05, 3.63) is 0 Å². The van der Waals surface area contributed by atoms with Crippen LogP contribution in [0.4, 0.5) is 0 Å². The summed E-state index contributed by atoms with van der Waals surface area (Å²) >= 11 is 0. The Hall–Kier alpha value is -0.700. The number of ether oxygens (including phenoxy) is 1. The molecule has 0 N–H and O–H groups in total. The minimum absolute atomic E-state index is 0.182. The highest BCUT2D eigenvalue weighted by molar-refractivity contribution is 5.86. The van der Waals surface area contributed by atoms with Crippen molar-refractivity contribution in [2.45, 2.75) is 70.8 Å². The SMILES string of the molecule is COC1(C)CCCC(C)CC(=O)CCC(=O)CC1. The summed E-state index contributed by atoms with van der Waals surface area (Å²) in [5, 5.41) is 0. The molecule has 104 valence electrons. The summed E-state index contributed by atoms with van der Waals surface area (Å²) in [6.07, 6.45) is 5.86. The molecule has 0 aromatic heterocycles. The van der Waals surface area contributed by atoms with Crippen LogP contribution in [0.3, 0.4) is 0 Å². The van der Waals surface area contributed by atoms with E-state index in [0.29, 0.717) is 31.6 Å². The third kappa shape index (κ3) is 5.30. The second kappa shape index (κ2) is 7.03. The second-order valence-electron chi connectivity index (χ2n) is 5.93. The zero-order valence-corrected chi connectivity index (χ0v) is 12.0. The number of carbonyl (C=O) groups excluding carboxylic acids is 2. The Balaban J connectivity index is 2.62. The molecule has 0 heterocycles. The van der Waals surface area contributed by atoms with Gasteiger partial charge in [0.15, 0.2) is 0 Å². The zero-order valence-electron chi connectivity index (χ0n) is 12.0. The van der Waals surface area contributed by atoms with Crippen LogP contribution in [0.1, 0.15) is 65.2 Å². The first-order valence-corrected chi connectivity index (χ1v) is 7.04. The topological polar surface area (TPSA) is 43.4 Å². The molecule has 1 saturated carbocycles. The number of carbonyl (C=O) groups is 2. The maximum Gasteiger partial charge on any atom is 0.133 e. The number of hydrogen-bond acceptors (Lipinski definition) is 3. The summed E-state index contributed by atoms with van der Waals surface area (Å²) in [5.41, 5.74) is -0.182. The molecule has 1 fully saturated rings. The van der Waals surface area contributed by atoms with Crippen molar-refractivity contribution in [1.82, 2.24) is 0 Å². The van der Waals surface area contributed by atoms with Gasteiger partial charge < -0.3 is 4.74 Å². The summed E-state index contributed by atoms with van der Waals surface area (Å²) < 4.78 is 5.57. The lowest BCUT2D eigenvalue weighted by atomic mass is 9.87. The highest BCUT2D eigenvalue weighted by Crippen LogP contribution is 2.27. The molecular weight excluding hydrogens is 228 g/mol. The van der Waals surface area contributed by atoms with Gasteiger partial charge in [-0.1, -0.05) is 19.8 Å². The average Bonchev–Trinajstić information content (AvgIpc) is 2.32. The Labute approximate surface area is 110 Å². The molecule has 2 atom stereocenters. The smallest absolute Gasteiger partial charge is 0.133 e. The molecule has 0 aromatic carbocycles. The van der Waals surface area contributed by atoms with Crippen molar-refractivity contribution >= 4 is 11.6 Å². The third-order valence-corrected chi connectivity index (χ3v) is 4.09. The quantitative estimate of drug-likeness (QED) is 0.721. The Morgan fingerprint density at radius 1 is 1.11 bits per heavy atom. The van der Waals surface area contributed by atoms with Crippen LogP contribution in [0.5, 0.6) is 0 Å². The standard InChI is InChI=1S/C15H26O3/c1-12-5-4-9-15(2,18-3)10-8-13(16)6-7-14(17)11-12/h12H,4-11H2,1-3H3. The predicted octanol–water partition coefficient (Wildman–Crippen LogP) is 3.30. The number of rotatable bonds is 1. The normalized spacial score (nSPS) is 32.7. The molecule has 1 aliphatic rings. The van der Waals surface area contributed by atoms with Gasteiger partial charge in [0, 0.05) is 32.8 Å². The number of Topliss-reactive ketones (excluding diaryl/α,β-unsaturated/α-hetero) is 2. The predicted molar refractivity (Wildman–Crippen MR) is 71.5 cm³/mol. The number of methoxy groups -OCH3 is 1. The van der Waals surface area contributed by atoms with E-state index in [1.54, 1.807) is 7.11 Å². The van der Waals surface area contributed by atoms with Crippen molar-refractivity contribution < 1.29 is 14.3 Å². The van der Waals surface area contributed by atoms with Crippen LogP contribution < -0.4 is 0 Å². The summed E-state index contributed by atoms with van der Waals surface area (Å²) in [5.74, 6) is 0.860. The maximum absolute atomic E-state index is 11.7. The van der Waals surface area contributed by atoms with Crippen molar-refractivity contribution in [3.8, 4) is 0 Å². The van der Waals surface area contributed by atoms with Crippen LogP contribution in [0.15, 0.2) is 0 Å². The van der Waals surface area contributed by atoms with E-state index < -0.39 is 0 Å². The fraction of sp³-hybridized carbons (Fsp3) is 0.867. The first-order valence-electron chi connectivity index (χ1n) is 7.04. The lowest BCUT2D eigenvalue weighted by molar-refractivity contribution is -0.125. The van der Waals surface area contributed by atoms with E-state index in [1.165, 1.54) is 0 Å². The van der Waals surface area contributed by atoms with E-state index in [0.717, 1.165) is 25.7 Å². The van der Waals surface area contributed by atoms with Gasteiger partial charge in [-0.15, -0.1) is 0 Å². The number of hydrogen-bond donors (Lipinski definition) is 0. The molecule has 18 heavy (non-hydrogen) atoms. The van der Waals surface area contributed by atoms with Crippen LogP contribution in [0, 0.1) is 5.92 Å². The average molecular weight is 254 g/mol. The Bertz CT molecular complexity index is 298. The van der Waals surface area contributed by atoms with Crippen molar-refractivity contribution in [2.75, 3.05) is 7.11 Å². The van der Waals surface area contributed by atoms with Crippen molar-refractivity contribution in [3.63, 3.8) is 0 Å². The Morgan fingerprint density at radius 3 is 2.44 bits per heavy atom. The summed E-state index contributed by atoms with van der Waals surface area (Å²) in [6, 6.07) is 0. The van der Waals surface area contributed by atoms with E-state index in [1.807, 2.05) is 0 Å². The molecule has 0 bridgehead atoms. The molecule has 3 heteroatoms. The van der Waals surface area contributed by atoms with Crippen molar-refractivity contribution in [1.29, 1.82) is 0 Å². The van der Waals surface area contributed by atoms with Gasteiger partial charge in [-0.05, 0) is 25.7 Å². The van der Waals surface area contributed by atoms with E-state index >= 15 is 0 Å². The lowest BCUT2D eigenvalue weighted by Gasteiger charge is -2.29.